The molecule has 0 fully saturated rings. The Kier molecular flexibility index (Phi) is 5.90. The van der Waals surface area contributed by atoms with Crippen molar-refractivity contribution >= 4 is 17.4 Å². The molecule has 2 rings (SSSR count). The molecule has 0 aliphatic heterocycles. The van der Waals surface area contributed by atoms with Crippen LogP contribution in [0.25, 0.3) is 0 Å². The molecule has 2 N–H and O–H groups in total. The highest BCUT2D eigenvalue weighted by molar-refractivity contribution is 5.99. The van der Waals surface area contributed by atoms with Crippen molar-refractivity contribution in [3.63, 3.8) is 0 Å². The van der Waals surface area contributed by atoms with Gasteiger partial charge in [0.1, 0.15) is 5.75 Å². The molecule has 0 spiro atoms. The summed E-state index contributed by atoms with van der Waals surface area (Å²) >= 11 is 0. The molecule has 2 amide bonds. The molecule has 0 bridgehead atoms. The normalized spacial score (nSPS) is 12.4. The van der Waals surface area contributed by atoms with E-state index in [9.17, 15) is 44.3 Å². The number of urea groups is 1. The SMILES string of the molecule is O=C(Nc1ccc(OC(F)(F)F)cc1)Nc1cc(C(F)(F)F)cc(C(F)(F)F)c1. The molecule has 158 valence electrons. The predicted octanol–water partition coefficient (Wildman–Crippen LogP) is 6.27. The van der Waals surface area contributed by atoms with Gasteiger partial charge >= 0.3 is 24.7 Å². The average Bonchev–Trinajstić information content (AvgIpc) is 2.53. The number of alkyl halides is 9. The molecule has 0 unspecified atom stereocenters. The largest absolute Gasteiger partial charge is 0.573 e. The Morgan fingerprint density at radius 1 is 0.690 bits per heavy atom. The lowest BCUT2D eigenvalue weighted by Crippen LogP contribution is -2.21. The summed E-state index contributed by atoms with van der Waals surface area (Å²) in [5, 5.41) is 3.85. The highest BCUT2D eigenvalue weighted by Gasteiger charge is 2.37. The first-order chi connectivity index (χ1) is 13.1. The van der Waals surface area contributed by atoms with Crippen LogP contribution in [0.3, 0.4) is 0 Å². The van der Waals surface area contributed by atoms with Crippen molar-refractivity contribution in [1.29, 1.82) is 0 Å². The first kappa shape index (κ1) is 22.2. The van der Waals surface area contributed by atoms with Gasteiger partial charge in [-0.2, -0.15) is 26.3 Å². The third-order valence-corrected chi connectivity index (χ3v) is 3.19. The first-order valence-corrected chi connectivity index (χ1v) is 7.37. The lowest BCUT2D eigenvalue weighted by atomic mass is 10.1. The maximum absolute atomic E-state index is 12.8. The van der Waals surface area contributed by atoms with Crippen LogP contribution in [0.4, 0.5) is 55.7 Å². The van der Waals surface area contributed by atoms with Crippen molar-refractivity contribution in [2.75, 3.05) is 10.6 Å². The van der Waals surface area contributed by atoms with Gasteiger partial charge in [-0.15, -0.1) is 13.2 Å². The van der Waals surface area contributed by atoms with E-state index in [1.54, 1.807) is 5.32 Å². The molecule has 29 heavy (non-hydrogen) atoms. The molecule has 0 atom stereocenters. The van der Waals surface area contributed by atoms with Crippen molar-refractivity contribution in [3.05, 3.63) is 53.6 Å². The van der Waals surface area contributed by atoms with E-state index in [0.717, 1.165) is 24.3 Å². The van der Waals surface area contributed by atoms with Crippen LogP contribution in [-0.4, -0.2) is 12.4 Å². The number of rotatable bonds is 3. The van der Waals surface area contributed by atoms with Crippen molar-refractivity contribution in [3.8, 4) is 5.75 Å². The second-order valence-corrected chi connectivity index (χ2v) is 5.45. The van der Waals surface area contributed by atoms with Crippen LogP contribution in [0.2, 0.25) is 0 Å². The first-order valence-electron chi connectivity index (χ1n) is 7.37. The van der Waals surface area contributed by atoms with Crippen LogP contribution in [0.5, 0.6) is 5.75 Å². The maximum Gasteiger partial charge on any atom is 0.573 e. The summed E-state index contributed by atoms with van der Waals surface area (Å²) in [6.07, 6.45) is -15.1. The van der Waals surface area contributed by atoms with Crippen molar-refractivity contribution in [2.45, 2.75) is 18.7 Å². The highest BCUT2D eigenvalue weighted by atomic mass is 19.4. The quantitative estimate of drug-likeness (QED) is 0.562. The van der Waals surface area contributed by atoms with Gasteiger partial charge in [0.05, 0.1) is 11.1 Å². The molecule has 0 saturated carbocycles. The fourth-order valence-electron chi connectivity index (χ4n) is 2.06. The van der Waals surface area contributed by atoms with Gasteiger partial charge < -0.3 is 15.4 Å². The highest BCUT2D eigenvalue weighted by Crippen LogP contribution is 2.37. The van der Waals surface area contributed by atoms with E-state index in [0.29, 0.717) is 12.1 Å². The maximum atomic E-state index is 12.8. The minimum Gasteiger partial charge on any atom is -0.406 e. The molecular formula is C16H9F9N2O2. The third-order valence-electron chi connectivity index (χ3n) is 3.19. The van der Waals surface area contributed by atoms with Crippen LogP contribution in [0.1, 0.15) is 11.1 Å². The molecule has 0 saturated heterocycles. The van der Waals surface area contributed by atoms with Gasteiger partial charge in [0, 0.05) is 11.4 Å². The number of carbonyl (C=O) groups is 1. The fraction of sp³-hybridized carbons (Fsp3) is 0.188. The summed E-state index contributed by atoms with van der Waals surface area (Å²) in [7, 11) is 0. The molecule has 0 aromatic heterocycles. The number of ether oxygens (including phenoxy) is 1. The lowest BCUT2D eigenvalue weighted by Gasteiger charge is -2.15. The Hall–Kier alpha value is -3.12. The van der Waals surface area contributed by atoms with Crippen molar-refractivity contribution in [2.24, 2.45) is 0 Å². The van der Waals surface area contributed by atoms with Gasteiger partial charge in [0.15, 0.2) is 0 Å². The Morgan fingerprint density at radius 2 is 1.14 bits per heavy atom. The molecular weight excluding hydrogens is 423 g/mol. The zero-order valence-corrected chi connectivity index (χ0v) is 13.8. The zero-order valence-electron chi connectivity index (χ0n) is 13.8. The van der Waals surface area contributed by atoms with Crippen LogP contribution < -0.4 is 15.4 Å². The van der Waals surface area contributed by atoms with Crippen molar-refractivity contribution < 1.29 is 49.0 Å². The minimum absolute atomic E-state index is 0.0972. The van der Waals surface area contributed by atoms with E-state index in [1.807, 2.05) is 5.32 Å². The van der Waals surface area contributed by atoms with Crippen LogP contribution in [0, 0.1) is 0 Å². The van der Waals surface area contributed by atoms with E-state index in [4.69, 9.17) is 0 Å². The van der Waals surface area contributed by atoms with Crippen LogP contribution in [0.15, 0.2) is 42.5 Å². The molecule has 0 radical (unpaired) electrons. The van der Waals surface area contributed by atoms with Gasteiger partial charge in [-0.25, -0.2) is 4.79 Å². The molecule has 0 aliphatic rings. The molecule has 2 aromatic carbocycles. The van der Waals surface area contributed by atoms with E-state index in [1.165, 1.54) is 0 Å². The zero-order chi connectivity index (χ0) is 22.0. The van der Waals surface area contributed by atoms with Crippen LogP contribution in [-0.2, 0) is 12.4 Å². The monoisotopic (exact) mass is 432 g/mol. The Balaban J connectivity index is 2.16. The number of anilines is 2. The van der Waals surface area contributed by atoms with Crippen molar-refractivity contribution in [1.82, 2.24) is 0 Å². The standard InChI is InChI=1S/C16H9F9N2O2/c17-14(18,19)8-5-9(15(20,21)22)7-11(6-8)27-13(28)26-10-1-3-12(4-2-10)29-16(23,24)25/h1-7H,(H2,26,27,28). The smallest absolute Gasteiger partial charge is 0.406 e. The van der Waals surface area contributed by atoms with Crippen LogP contribution >= 0.6 is 0 Å². The number of amides is 2. The summed E-state index contributed by atoms with van der Waals surface area (Å²) in [4.78, 5) is 11.8. The topological polar surface area (TPSA) is 50.4 Å². The predicted molar refractivity (Wildman–Crippen MR) is 82.2 cm³/mol. The van der Waals surface area contributed by atoms with E-state index < -0.39 is 47.3 Å². The summed E-state index contributed by atoms with van der Waals surface area (Å²) in [5.74, 6) is -0.601. The average molecular weight is 432 g/mol. The number of carbonyl (C=O) groups excluding carboxylic acids is 1. The molecule has 13 heteroatoms. The Bertz CT molecular complexity index is 840. The van der Waals surface area contributed by atoms with Gasteiger partial charge in [0.25, 0.3) is 0 Å². The number of hydrogen-bond acceptors (Lipinski definition) is 2. The molecule has 2 aromatic rings. The van der Waals surface area contributed by atoms with E-state index in [2.05, 4.69) is 4.74 Å². The minimum atomic E-state index is -5.09. The van der Waals surface area contributed by atoms with Gasteiger partial charge in [0.2, 0.25) is 0 Å². The summed E-state index contributed by atoms with van der Waals surface area (Å²) in [5.41, 5.74) is -4.14. The summed E-state index contributed by atoms with van der Waals surface area (Å²) in [6.45, 7) is 0. The second kappa shape index (κ2) is 7.72. The number of benzene rings is 2. The van der Waals surface area contributed by atoms with Gasteiger partial charge in [-0.3, -0.25) is 0 Å². The molecule has 0 heterocycles. The van der Waals surface area contributed by atoms with Gasteiger partial charge in [-0.1, -0.05) is 0 Å². The lowest BCUT2D eigenvalue weighted by molar-refractivity contribution is -0.274. The van der Waals surface area contributed by atoms with E-state index in [-0.39, 0.29) is 11.8 Å². The second-order valence-electron chi connectivity index (χ2n) is 5.45. The Morgan fingerprint density at radius 3 is 1.55 bits per heavy atom. The number of hydrogen-bond donors (Lipinski definition) is 2. The molecule has 4 nitrogen and oxygen atoms in total. The molecule has 0 aliphatic carbocycles. The number of nitrogens with one attached hydrogen (secondary N) is 2. The Labute approximate surface area is 156 Å². The third kappa shape index (κ3) is 6.76. The summed E-state index contributed by atoms with van der Waals surface area (Å²) in [6, 6.07) is 2.92. The summed E-state index contributed by atoms with van der Waals surface area (Å²) < 4.78 is 117. The fourth-order valence-corrected chi connectivity index (χ4v) is 2.06. The van der Waals surface area contributed by atoms with E-state index >= 15 is 0 Å². The number of halogens is 9. The van der Waals surface area contributed by atoms with Gasteiger partial charge in [-0.05, 0) is 42.5 Å².